The van der Waals surface area contributed by atoms with Crippen LogP contribution in [0.25, 0.3) is 0 Å². The van der Waals surface area contributed by atoms with Crippen LogP contribution in [0.3, 0.4) is 0 Å². The van der Waals surface area contributed by atoms with Crippen molar-refractivity contribution >= 4 is 45.9 Å². The van der Waals surface area contributed by atoms with E-state index >= 15 is 0 Å². The number of sulfonamides is 1. The molecule has 0 bridgehead atoms. The summed E-state index contributed by atoms with van der Waals surface area (Å²) in [6.07, 6.45) is 0.651. The van der Waals surface area contributed by atoms with Crippen molar-refractivity contribution in [1.82, 2.24) is 20.3 Å². The zero-order valence-electron chi connectivity index (χ0n) is 17.8. The van der Waals surface area contributed by atoms with E-state index < -0.39 is 20.9 Å². The number of alkyl halides is 3. The molecule has 1 heterocycles. The molecule has 0 unspecified atom stereocenters. The zero-order chi connectivity index (χ0) is 22.3. The molecule has 0 saturated carbocycles. The molecular weight excluding hydrogens is 538 g/mol. The molecule has 0 spiro atoms. The highest BCUT2D eigenvalue weighted by Crippen LogP contribution is 2.30. The molecule has 0 aromatic heterocycles. The SMILES string of the molecule is CCNC(=O)C(C)(C)CN=C(NCC)NCC1CCN(S(=O)(=O)C(F)(F)F)CC1.I. The quantitative estimate of drug-likeness (QED) is 0.235. The van der Waals surface area contributed by atoms with Gasteiger partial charge < -0.3 is 16.0 Å². The predicted octanol–water partition coefficient (Wildman–Crippen LogP) is 1.88. The number of guanidine groups is 1. The van der Waals surface area contributed by atoms with Gasteiger partial charge in [0.2, 0.25) is 5.91 Å². The fourth-order valence-corrected chi connectivity index (χ4v) is 3.82. The van der Waals surface area contributed by atoms with Gasteiger partial charge in [-0.3, -0.25) is 9.79 Å². The van der Waals surface area contributed by atoms with Crippen molar-refractivity contribution in [2.45, 2.75) is 46.0 Å². The van der Waals surface area contributed by atoms with Crippen molar-refractivity contribution in [2.75, 3.05) is 39.3 Å². The molecule has 178 valence electrons. The Labute approximate surface area is 193 Å². The minimum absolute atomic E-state index is 0. The molecule has 0 radical (unpaired) electrons. The minimum atomic E-state index is -5.26. The third-order valence-electron chi connectivity index (χ3n) is 4.69. The second-order valence-corrected chi connectivity index (χ2v) is 9.54. The summed E-state index contributed by atoms with van der Waals surface area (Å²) < 4.78 is 61.4. The van der Waals surface area contributed by atoms with E-state index in [0.29, 0.717) is 42.7 Å². The molecule has 30 heavy (non-hydrogen) atoms. The van der Waals surface area contributed by atoms with Gasteiger partial charge in [0.1, 0.15) is 0 Å². The van der Waals surface area contributed by atoms with Crippen LogP contribution in [-0.4, -0.2) is 69.4 Å². The lowest BCUT2D eigenvalue weighted by Crippen LogP contribution is -2.47. The summed E-state index contributed by atoms with van der Waals surface area (Å²) in [6, 6.07) is 0. The summed E-state index contributed by atoms with van der Waals surface area (Å²) in [4.78, 5) is 16.5. The summed E-state index contributed by atoms with van der Waals surface area (Å²) in [6.45, 7) is 8.86. The molecule has 1 amide bonds. The third kappa shape index (κ3) is 8.36. The van der Waals surface area contributed by atoms with Crippen molar-refractivity contribution in [3.05, 3.63) is 0 Å². The number of aliphatic imine (C=N–C) groups is 1. The Morgan fingerprint density at radius 1 is 1.07 bits per heavy atom. The Bertz CT molecular complexity index is 679. The summed E-state index contributed by atoms with van der Waals surface area (Å²) in [7, 11) is -5.26. The van der Waals surface area contributed by atoms with E-state index in [9.17, 15) is 26.4 Å². The van der Waals surface area contributed by atoms with Crippen molar-refractivity contribution in [3.63, 3.8) is 0 Å². The lowest BCUT2D eigenvalue weighted by atomic mass is 9.92. The highest BCUT2D eigenvalue weighted by atomic mass is 127. The van der Waals surface area contributed by atoms with E-state index in [-0.39, 0.29) is 55.4 Å². The van der Waals surface area contributed by atoms with Gasteiger partial charge in [-0.2, -0.15) is 17.5 Å². The standard InChI is InChI=1S/C17H32F3N5O3S.HI/c1-5-21-14(26)16(3,4)12-24-15(22-6-2)23-11-13-7-9-25(10-8-13)29(27,28)17(18,19)20;/h13H,5-12H2,1-4H3,(H,21,26)(H2,22,23,24);1H. The Kier molecular flexibility index (Phi) is 11.9. The van der Waals surface area contributed by atoms with Gasteiger partial charge in [-0.25, -0.2) is 8.42 Å². The molecule has 0 atom stereocenters. The van der Waals surface area contributed by atoms with E-state index in [1.165, 1.54) is 0 Å². The largest absolute Gasteiger partial charge is 0.511 e. The van der Waals surface area contributed by atoms with Gasteiger partial charge >= 0.3 is 15.5 Å². The van der Waals surface area contributed by atoms with Crippen LogP contribution in [-0.2, 0) is 14.8 Å². The molecule has 0 aliphatic carbocycles. The van der Waals surface area contributed by atoms with Crippen molar-refractivity contribution in [1.29, 1.82) is 0 Å². The highest BCUT2D eigenvalue weighted by Gasteiger charge is 2.50. The lowest BCUT2D eigenvalue weighted by Gasteiger charge is -2.31. The molecule has 1 aliphatic rings. The van der Waals surface area contributed by atoms with Gasteiger partial charge in [0, 0.05) is 32.7 Å². The normalized spacial score (nSPS) is 17.2. The first-order chi connectivity index (χ1) is 13.3. The van der Waals surface area contributed by atoms with Gasteiger partial charge in [-0.15, -0.1) is 24.0 Å². The lowest BCUT2D eigenvalue weighted by molar-refractivity contribution is -0.128. The first kappa shape index (κ1) is 29.2. The minimum Gasteiger partial charge on any atom is -0.357 e. The summed E-state index contributed by atoms with van der Waals surface area (Å²) in [5, 5.41) is 8.97. The van der Waals surface area contributed by atoms with E-state index in [1.54, 1.807) is 13.8 Å². The molecular formula is C17H33F3IN5O3S. The maximum atomic E-state index is 12.6. The topological polar surface area (TPSA) is 103 Å². The number of carbonyl (C=O) groups excluding carboxylic acids is 1. The van der Waals surface area contributed by atoms with Gasteiger partial charge in [0.25, 0.3) is 0 Å². The van der Waals surface area contributed by atoms with Crippen LogP contribution in [0.1, 0.15) is 40.5 Å². The van der Waals surface area contributed by atoms with Crippen LogP contribution in [0.15, 0.2) is 4.99 Å². The molecule has 13 heteroatoms. The van der Waals surface area contributed by atoms with Crippen LogP contribution in [0.4, 0.5) is 13.2 Å². The van der Waals surface area contributed by atoms with Crippen LogP contribution in [0, 0.1) is 11.3 Å². The van der Waals surface area contributed by atoms with Crippen molar-refractivity contribution in [2.24, 2.45) is 16.3 Å². The fraction of sp³-hybridized carbons (Fsp3) is 0.882. The average Bonchev–Trinajstić information content (AvgIpc) is 2.63. The van der Waals surface area contributed by atoms with Gasteiger partial charge in [0.15, 0.2) is 5.96 Å². The summed E-state index contributed by atoms with van der Waals surface area (Å²) in [5.41, 5.74) is -5.95. The predicted molar refractivity (Wildman–Crippen MR) is 121 cm³/mol. The molecule has 8 nitrogen and oxygen atoms in total. The summed E-state index contributed by atoms with van der Waals surface area (Å²) >= 11 is 0. The number of nitrogens with zero attached hydrogens (tertiary/aromatic N) is 2. The smallest absolute Gasteiger partial charge is 0.357 e. The second-order valence-electron chi connectivity index (χ2n) is 7.61. The van der Waals surface area contributed by atoms with Crippen LogP contribution in [0.5, 0.6) is 0 Å². The molecule has 1 fully saturated rings. The van der Waals surface area contributed by atoms with E-state index in [1.807, 2.05) is 13.8 Å². The number of hydrogen-bond acceptors (Lipinski definition) is 4. The highest BCUT2D eigenvalue weighted by molar-refractivity contribution is 14.0. The van der Waals surface area contributed by atoms with E-state index in [0.717, 1.165) is 0 Å². The number of hydrogen-bond donors (Lipinski definition) is 3. The third-order valence-corrected chi connectivity index (χ3v) is 6.32. The number of piperidine rings is 1. The van der Waals surface area contributed by atoms with E-state index in [2.05, 4.69) is 20.9 Å². The maximum absolute atomic E-state index is 12.6. The fourth-order valence-electron chi connectivity index (χ4n) is 2.83. The Hall–Kier alpha value is -0.830. The number of halogens is 4. The molecule has 3 N–H and O–H groups in total. The molecule has 1 saturated heterocycles. The van der Waals surface area contributed by atoms with Crippen LogP contribution in [0.2, 0.25) is 0 Å². The average molecular weight is 571 g/mol. The van der Waals surface area contributed by atoms with Crippen LogP contribution >= 0.6 is 24.0 Å². The number of rotatable bonds is 8. The van der Waals surface area contributed by atoms with Crippen molar-refractivity contribution in [3.8, 4) is 0 Å². The zero-order valence-corrected chi connectivity index (χ0v) is 21.0. The molecule has 1 aliphatic heterocycles. The maximum Gasteiger partial charge on any atom is 0.511 e. The first-order valence-electron chi connectivity index (χ1n) is 9.72. The first-order valence-corrected chi connectivity index (χ1v) is 11.2. The van der Waals surface area contributed by atoms with Gasteiger partial charge in [-0.05, 0) is 46.5 Å². The monoisotopic (exact) mass is 571 g/mol. The Balaban J connectivity index is 0.00000841. The van der Waals surface area contributed by atoms with Gasteiger partial charge in [0.05, 0.1) is 12.0 Å². The molecule has 0 aromatic rings. The van der Waals surface area contributed by atoms with Crippen molar-refractivity contribution < 1.29 is 26.4 Å². The van der Waals surface area contributed by atoms with E-state index in [4.69, 9.17) is 0 Å². The van der Waals surface area contributed by atoms with Gasteiger partial charge in [-0.1, -0.05) is 0 Å². The second kappa shape index (κ2) is 12.3. The summed E-state index contributed by atoms with van der Waals surface area (Å²) in [5.74, 6) is 0.433. The number of amides is 1. The number of nitrogens with one attached hydrogen (secondary N) is 3. The number of carbonyl (C=O) groups is 1. The Morgan fingerprint density at radius 2 is 1.60 bits per heavy atom. The molecule has 0 aromatic carbocycles. The Morgan fingerprint density at radius 3 is 2.07 bits per heavy atom. The molecule has 1 rings (SSSR count). The van der Waals surface area contributed by atoms with Crippen LogP contribution < -0.4 is 16.0 Å².